The SMILES string of the molecule is CNCC1CCN(C(=O)CCCOc2ccc(C(C)(C)C)cc2)CC1.Cl. The van der Waals surface area contributed by atoms with Crippen molar-refractivity contribution in [2.45, 2.75) is 51.9 Å². The van der Waals surface area contributed by atoms with Crippen LogP contribution >= 0.6 is 12.4 Å². The van der Waals surface area contributed by atoms with E-state index in [0.717, 1.165) is 44.6 Å². The summed E-state index contributed by atoms with van der Waals surface area (Å²) in [5, 5.41) is 3.23. The van der Waals surface area contributed by atoms with E-state index in [1.807, 2.05) is 24.1 Å². The van der Waals surface area contributed by atoms with E-state index < -0.39 is 0 Å². The minimum Gasteiger partial charge on any atom is -0.494 e. The van der Waals surface area contributed by atoms with Gasteiger partial charge in [0.2, 0.25) is 5.91 Å². The lowest BCUT2D eigenvalue weighted by Crippen LogP contribution is -2.40. The maximum atomic E-state index is 12.3. The largest absolute Gasteiger partial charge is 0.494 e. The quantitative estimate of drug-likeness (QED) is 0.724. The van der Waals surface area contributed by atoms with Crippen molar-refractivity contribution in [2.24, 2.45) is 5.92 Å². The topological polar surface area (TPSA) is 41.6 Å². The minimum absolute atomic E-state index is 0. The predicted octanol–water partition coefficient (Wildman–Crippen LogP) is 4.02. The molecule has 0 unspecified atom stereocenters. The van der Waals surface area contributed by atoms with E-state index in [1.165, 1.54) is 5.56 Å². The van der Waals surface area contributed by atoms with Crippen LogP contribution in [-0.4, -0.2) is 44.1 Å². The standard InChI is InChI=1S/C21H34N2O2.ClH/c1-21(2,3)18-7-9-19(10-8-18)25-15-5-6-20(24)23-13-11-17(12-14-23)16-22-4;/h7-10,17,22H,5-6,11-16H2,1-4H3;1H. The summed E-state index contributed by atoms with van der Waals surface area (Å²) in [4.78, 5) is 14.3. The van der Waals surface area contributed by atoms with Gasteiger partial charge in [-0.25, -0.2) is 0 Å². The summed E-state index contributed by atoms with van der Waals surface area (Å²) < 4.78 is 5.78. The van der Waals surface area contributed by atoms with Gasteiger partial charge in [0.25, 0.3) is 0 Å². The molecule has 1 heterocycles. The van der Waals surface area contributed by atoms with E-state index in [-0.39, 0.29) is 23.7 Å². The maximum Gasteiger partial charge on any atom is 0.222 e. The van der Waals surface area contributed by atoms with Gasteiger partial charge < -0.3 is 15.0 Å². The molecule has 1 amide bonds. The average Bonchev–Trinajstić information content (AvgIpc) is 2.59. The van der Waals surface area contributed by atoms with E-state index in [2.05, 4.69) is 38.2 Å². The van der Waals surface area contributed by atoms with Gasteiger partial charge in [-0.2, -0.15) is 0 Å². The van der Waals surface area contributed by atoms with Gasteiger partial charge in [0.1, 0.15) is 5.75 Å². The molecule has 1 aromatic rings. The second kappa shape index (κ2) is 10.8. The van der Waals surface area contributed by atoms with Gasteiger partial charge in [-0.3, -0.25) is 4.79 Å². The monoisotopic (exact) mass is 382 g/mol. The van der Waals surface area contributed by atoms with Gasteiger partial charge in [0.15, 0.2) is 0 Å². The van der Waals surface area contributed by atoms with Crippen LogP contribution in [0.3, 0.4) is 0 Å². The molecule has 1 saturated heterocycles. The number of halogens is 1. The lowest BCUT2D eigenvalue weighted by atomic mass is 9.87. The van der Waals surface area contributed by atoms with E-state index in [4.69, 9.17) is 4.74 Å². The lowest BCUT2D eigenvalue weighted by Gasteiger charge is -2.32. The highest BCUT2D eigenvalue weighted by Gasteiger charge is 2.21. The predicted molar refractivity (Wildman–Crippen MR) is 110 cm³/mol. The molecule has 1 fully saturated rings. The molecule has 1 aliphatic heterocycles. The van der Waals surface area contributed by atoms with Crippen molar-refractivity contribution in [1.29, 1.82) is 0 Å². The molecule has 2 rings (SSSR count). The van der Waals surface area contributed by atoms with Crippen molar-refractivity contribution >= 4 is 18.3 Å². The van der Waals surface area contributed by atoms with Gasteiger partial charge >= 0.3 is 0 Å². The third kappa shape index (κ3) is 7.16. The highest BCUT2D eigenvalue weighted by atomic mass is 35.5. The Kier molecular flexibility index (Phi) is 9.45. The Morgan fingerprint density at radius 3 is 2.35 bits per heavy atom. The van der Waals surface area contributed by atoms with Gasteiger partial charge in [0, 0.05) is 19.5 Å². The summed E-state index contributed by atoms with van der Waals surface area (Å²) in [5.41, 5.74) is 1.46. The highest BCUT2D eigenvalue weighted by molar-refractivity contribution is 5.85. The molecule has 1 N–H and O–H groups in total. The number of carbonyl (C=O) groups excluding carboxylic acids is 1. The fraction of sp³-hybridized carbons (Fsp3) is 0.667. The number of amides is 1. The molecular formula is C21H35ClN2O2. The van der Waals surface area contributed by atoms with Crippen LogP contribution in [0.1, 0.15) is 52.0 Å². The van der Waals surface area contributed by atoms with Crippen molar-refractivity contribution in [1.82, 2.24) is 10.2 Å². The Labute approximate surface area is 165 Å². The first-order valence-corrected chi connectivity index (χ1v) is 9.56. The molecule has 0 aromatic heterocycles. The van der Waals surface area contributed by atoms with Crippen molar-refractivity contribution in [3.8, 4) is 5.75 Å². The number of rotatable bonds is 7. The molecule has 5 heteroatoms. The highest BCUT2D eigenvalue weighted by Crippen LogP contribution is 2.24. The van der Waals surface area contributed by atoms with Crippen LogP contribution < -0.4 is 10.1 Å². The number of carbonyl (C=O) groups is 1. The molecule has 0 spiro atoms. The molecule has 26 heavy (non-hydrogen) atoms. The average molecular weight is 383 g/mol. The van der Waals surface area contributed by atoms with Crippen LogP contribution in [0.5, 0.6) is 5.75 Å². The zero-order chi connectivity index (χ0) is 18.3. The zero-order valence-electron chi connectivity index (χ0n) is 16.7. The lowest BCUT2D eigenvalue weighted by molar-refractivity contribution is -0.132. The first kappa shape index (κ1) is 22.8. The Balaban J connectivity index is 0.00000338. The van der Waals surface area contributed by atoms with Gasteiger partial charge in [-0.15, -0.1) is 12.4 Å². The smallest absolute Gasteiger partial charge is 0.222 e. The van der Waals surface area contributed by atoms with Gasteiger partial charge in [-0.1, -0.05) is 32.9 Å². The third-order valence-electron chi connectivity index (χ3n) is 4.98. The van der Waals surface area contributed by atoms with Crippen molar-refractivity contribution in [3.05, 3.63) is 29.8 Å². The number of nitrogens with one attached hydrogen (secondary N) is 1. The Morgan fingerprint density at radius 2 is 1.81 bits per heavy atom. The van der Waals surface area contributed by atoms with Crippen LogP contribution in [0.25, 0.3) is 0 Å². The minimum atomic E-state index is 0. The molecule has 0 bridgehead atoms. The first-order chi connectivity index (χ1) is 11.9. The van der Waals surface area contributed by atoms with E-state index >= 15 is 0 Å². The Hall–Kier alpha value is -1.26. The second-order valence-corrected chi connectivity index (χ2v) is 8.11. The van der Waals surface area contributed by atoms with Crippen LogP contribution in [-0.2, 0) is 10.2 Å². The van der Waals surface area contributed by atoms with Crippen molar-refractivity contribution in [3.63, 3.8) is 0 Å². The molecule has 0 atom stereocenters. The van der Waals surface area contributed by atoms with Crippen LogP contribution in [0.4, 0.5) is 0 Å². The molecule has 1 aliphatic rings. The number of benzene rings is 1. The van der Waals surface area contributed by atoms with E-state index in [1.54, 1.807) is 0 Å². The summed E-state index contributed by atoms with van der Waals surface area (Å²) in [7, 11) is 1.99. The van der Waals surface area contributed by atoms with Gasteiger partial charge in [-0.05, 0) is 61.9 Å². The van der Waals surface area contributed by atoms with Crippen molar-refractivity contribution < 1.29 is 9.53 Å². The number of hydrogen-bond donors (Lipinski definition) is 1. The number of piperidine rings is 1. The van der Waals surface area contributed by atoms with Crippen LogP contribution in [0, 0.1) is 5.92 Å². The number of nitrogens with zero attached hydrogens (tertiary/aromatic N) is 1. The Morgan fingerprint density at radius 1 is 1.19 bits per heavy atom. The molecular weight excluding hydrogens is 348 g/mol. The Bertz CT molecular complexity index is 532. The fourth-order valence-corrected chi connectivity index (χ4v) is 3.30. The van der Waals surface area contributed by atoms with E-state index in [0.29, 0.717) is 18.9 Å². The normalized spacial score (nSPS) is 15.5. The summed E-state index contributed by atoms with van der Waals surface area (Å²) in [5.74, 6) is 1.87. The second-order valence-electron chi connectivity index (χ2n) is 8.11. The van der Waals surface area contributed by atoms with Crippen LogP contribution in [0.2, 0.25) is 0 Å². The summed E-state index contributed by atoms with van der Waals surface area (Å²) >= 11 is 0. The summed E-state index contributed by atoms with van der Waals surface area (Å²) in [6.07, 6.45) is 3.58. The van der Waals surface area contributed by atoms with Crippen molar-refractivity contribution in [2.75, 3.05) is 33.3 Å². The number of likely N-dealkylation sites (tertiary alicyclic amines) is 1. The van der Waals surface area contributed by atoms with Crippen LogP contribution in [0.15, 0.2) is 24.3 Å². The summed E-state index contributed by atoms with van der Waals surface area (Å²) in [6, 6.07) is 8.29. The van der Waals surface area contributed by atoms with E-state index in [9.17, 15) is 4.79 Å². The molecule has 148 valence electrons. The number of ether oxygens (including phenoxy) is 1. The molecule has 4 nitrogen and oxygen atoms in total. The fourth-order valence-electron chi connectivity index (χ4n) is 3.30. The summed E-state index contributed by atoms with van der Waals surface area (Å²) in [6.45, 7) is 10.1. The molecule has 0 aliphatic carbocycles. The zero-order valence-corrected chi connectivity index (χ0v) is 17.5. The maximum absolute atomic E-state index is 12.3. The van der Waals surface area contributed by atoms with Gasteiger partial charge in [0.05, 0.1) is 6.61 Å². The molecule has 1 aromatic carbocycles. The molecule has 0 radical (unpaired) electrons. The third-order valence-corrected chi connectivity index (χ3v) is 4.98. The first-order valence-electron chi connectivity index (χ1n) is 9.56. The number of hydrogen-bond acceptors (Lipinski definition) is 3. The molecule has 0 saturated carbocycles.